The van der Waals surface area contributed by atoms with Crippen LogP contribution in [0.15, 0.2) is 4.52 Å². The maximum Gasteiger partial charge on any atom is 0.252 e. The van der Waals surface area contributed by atoms with Gasteiger partial charge in [0.25, 0.3) is 5.89 Å². The number of aromatic nitrogens is 2. The number of carbonyl (C=O) groups is 1. The number of hydrogen-bond acceptors (Lipinski definition) is 5. The summed E-state index contributed by atoms with van der Waals surface area (Å²) in [5.74, 6) is 1.54. The molecule has 1 fully saturated rings. The van der Waals surface area contributed by atoms with E-state index in [1.54, 1.807) is 7.11 Å². The lowest BCUT2D eigenvalue weighted by Crippen LogP contribution is -2.22. The summed E-state index contributed by atoms with van der Waals surface area (Å²) < 4.78 is 9.73. The molecule has 0 radical (unpaired) electrons. The highest BCUT2D eigenvalue weighted by atomic mass is 16.5. The van der Waals surface area contributed by atoms with Crippen molar-refractivity contribution in [1.29, 1.82) is 0 Å². The van der Waals surface area contributed by atoms with E-state index < -0.39 is 0 Å². The first kappa shape index (κ1) is 8.37. The van der Waals surface area contributed by atoms with Gasteiger partial charge in [-0.15, -0.1) is 0 Å². The van der Waals surface area contributed by atoms with Crippen LogP contribution in [-0.2, 0) is 16.1 Å². The van der Waals surface area contributed by atoms with E-state index >= 15 is 0 Å². The van der Waals surface area contributed by atoms with Crippen molar-refractivity contribution < 1.29 is 14.1 Å². The zero-order valence-corrected chi connectivity index (χ0v) is 7.32. The van der Waals surface area contributed by atoms with Crippen LogP contribution in [0.1, 0.15) is 30.5 Å². The molecule has 1 heterocycles. The number of methoxy groups -OCH3 is 1. The molecule has 13 heavy (non-hydrogen) atoms. The zero-order valence-electron chi connectivity index (χ0n) is 7.32. The Morgan fingerprint density at radius 1 is 1.62 bits per heavy atom. The van der Waals surface area contributed by atoms with Gasteiger partial charge in [0.1, 0.15) is 12.4 Å². The van der Waals surface area contributed by atoms with E-state index in [0.717, 1.165) is 0 Å². The van der Waals surface area contributed by atoms with E-state index in [2.05, 4.69) is 10.1 Å². The third kappa shape index (κ3) is 1.60. The van der Waals surface area contributed by atoms with Gasteiger partial charge in [-0.05, 0) is 0 Å². The van der Waals surface area contributed by atoms with Crippen LogP contribution in [0.5, 0.6) is 0 Å². The van der Waals surface area contributed by atoms with Crippen molar-refractivity contribution in [3.8, 4) is 0 Å². The SMILES string of the molecule is COCc1nc(C2CC(=O)C2)no1. The molecule has 0 bridgehead atoms. The van der Waals surface area contributed by atoms with Gasteiger partial charge in [-0.3, -0.25) is 4.79 Å². The molecule has 0 aromatic carbocycles. The fourth-order valence-electron chi connectivity index (χ4n) is 1.29. The topological polar surface area (TPSA) is 65.2 Å². The Kier molecular flexibility index (Phi) is 2.10. The molecule has 0 amide bonds. The molecule has 70 valence electrons. The van der Waals surface area contributed by atoms with Gasteiger partial charge in [0.05, 0.1) is 0 Å². The summed E-state index contributed by atoms with van der Waals surface area (Å²) in [6, 6.07) is 0. The van der Waals surface area contributed by atoms with Gasteiger partial charge in [0.2, 0.25) is 0 Å². The Morgan fingerprint density at radius 3 is 3.00 bits per heavy atom. The first-order chi connectivity index (χ1) is 6.29. The Labute approximate surface area is 75.1 Å². The van der Waals surface area contributed by atoms with E-state index in [9.17, 15) is 4.79 Å². The van der Waals surface area contributed by atoms with Gasteiger partial charge in [0, 0.05) is 25.9 Å². The van der Waals surface area contributed by atoms with Crippen LogP contribution in [0.25, 0.3) is 0 Å². The molecular formula is C8H10N2O3. The number of Topliss-reactive ketones (excluding diaryl/α,β-unsaturated/α-hetero) is 1. The smallest absolute Gasteiger partial charge is 0.252 e. The summed E-state index contributed by atoms with van der Waals surface area (Å²) in [5.41, 5.74) is 0. The van der Waals surface area contributed by atoms with E-state index in [1.807, 2.05) is 0 Å². The monoisotopic (exact) mass is 182 g/mol. The Hall–Kier alpha value is -1.23. The Bertz CT molecular complexity index is 313. The first-order valence-electron chi connectivity index (χ1n) is 4.12. The number of nitrogens with zero attached hydrogens (tertiary/aromatic N) is 2. The quantitative estimate of drug-likeness (QED) is 0.687. The van der Waals surface area contributed by atoms with Crippen molar-refractivity contribution in [3.05, 3.63) is 11.7 Å². The molecule has 1 aromatic rings. The maximum atomic E-state index is 10.7. The number of ketones is 1. The Morgan fingerprint density at radius 2 is 2.38 bits per heavy atom. The molecule has 1 saturated carbocycles. The summed E-state index contributed by atoms with van der Waals surface area (Å²) in [5, 5.41) is 3.77. The average molecular weight is 182 g/mol. The van der Waals surface area contributed by atoms with Crippen molar-refractivity contribution in [2.45, 2.75) is 25.4 Å². The van der Waals surface area contributed by atoms with Crippen LogP contribution in [0, 0.1) is 0 Å². The van der Waals surface area contributed by atoms with E-state index in [4.69, 9.17) is 9.26 Å². The van der Waals surface area contributed by atoms with Gasteiger partial charge in [-0.2, -0.15) is 4.98 Å². The van der Waals surface area contributed by atoms with Crippen LogP contribution in [0.3, 0.4) is 0 Å². The highest BCUT2D eigenvalue weighted by Gasteiger charge is 2.31. The van der Waals surface area contributed by atoms with Gasteiger partial charge in [-0.25, -0.2) is 0 Å². The molecule has 0 spiro atoms. The van der Waals surface area contributed by atoms with Crippen LogP contribution >= 0.6 is 0 Å². The fraction of sp³-hybridized carbons (Fsp3) is 0.625. The predicted molar refractivity (Wildman–Crippen MR) is 42.0 cm³/mol. The summed E-state index contributed by atoms with van der Waals surface area (Å²) in [4.78, 5) is 14.8. The van der Waals surface area contributed by atoms with Crippen LogP contribution in [0.4, 0.5) is 0 Å². The van der Waals surface area contributed by atoms with Gasteiger partial charge in [0.15, 0.2) is 5.82 Å². The third-order valence-electron chi connectivity index (χ3n) is 2.06. The number of hydrogen-bond donors (Lipinski definition) is 0. The predicted octanol–water partition coefficient (Wildman–Crippen LogP) is 0.663. The molecule has 2 rings (SSSR count). The van der Waals surface area contributed by atoms with E-state index in [0.29, 0.717) is 31.2 Å². The van der Waals surface area contributed by atoms with Crippen LogP contribution in [-0.4, -0.2) is 23.0 Å². The second kappa shape index (κ2) is 3.26. The minimum atomic E-state index is 0.168. The molecule has 0 unspecified atom stereocenters. The van der Waals surface area contributed by atoms with Crippen molar-refractivity contribution in [3.63, 3.8) is 0 Å². The lowest BCUT2D eigenvalue weighted by atomic mass is 9.83. The lowest BCUT2D eigenvalue weighted by molar-refractivity contribution is -0.124. The largest absolute Gasteiger partial charge is 0.375 e. The number of carbonyl (C=O) groups excluding carboxylic acids is 1. The molecule has 1 aliphatic rings. The van der Waals surface area contributed by atoms with Gasteiger partial charge in [-0.1, -0.05) is 5.16 Å². The molecular weight excluding hydrogens is 172 g/mol. The average Bonchev–Trinajstić information content (AvgIpc) is 2.48. The first-order valence-corrected chi connectivity index (χ1v) is 4.12. The summed E-state index contributed by atoms with van der Waals surface area (Å²) in [6.45, 7) is 0.327. The normalized spacial score (nSPS) is 17.5. The lowest BCUT2D eigenvalue weighted by Gasteiger charge is -2.19. The molecule has 5 nitrogen and oxygen atoms in total. The second-order valence-electron chi connectivity index (χ2n) is 3.12. The van der Waals surface area contributed by atoms with Crippen molar-refractivity contribution in [1.82, 2.24) is 10.1 Å². The Balaban J connectivity index is 2.01. The van der Waals surface area contributed by atoms with Crippen molar-refractivity contribution in [2.24, 2.45) is 0 Å². The molecule has 1 aromatic heterocycles. The maximum absolute atomic E-state index is 10.7. The zero-order chi connectivity index (χ0) is 9.26. The van der Waals surface area contributed by atoms with Crippen molar-refractivity contribution in [2.75, 3.05) is 7.11 Å². The third-order valence-corrected chi connectivity index (χ3v) is 2.06. The number of ether oxygens (including phenoxy) is 1. The fourth-order valence-corrected chi connectivity index (χ4v) is 1.29. The minimum Gasteiger partial charge on any atom is -0.375 e. The summed E-state index contributed by atoms with van der Waals surface area (Å²) >= 11 is 0. The van der Waals surface area contributed by atoms with Gasteiger partial charge < -0.3 is 9.26 Å². The standard InChI is InChI=1S/C8H10N2O3/c1-12-4-7-9-8(10-13-7)5-2-6(11)3-5/h5H,2-4H2,1H3. The van der Waals surface area contributed by atoms with Crippen LogP contribution in [0.2, 0.25) is 0 Å². The highest BCUT2D eigenvalue weighted by molar-refractivity contribution is 5.86. The molecule has 0 N–H and O–H groups in total. The van der Waals surface area contributed by atoms with E-state index in [-0.39, 0.29) is 11.7 Å². The second-order valence-corrected chi connectivity index (χ2v) is 3.12. The van der Waals surface area contributed by atoms with Crippen molar-refractivity contribution >= 4 is 5.78 Å². The highest BCUT2D eigenvalue weighted by Crippen LogP contribution is 2.31. The van der Waals surface area contributed by atoms with E-state index in [1.165, 1.54) is 0 Å². The molecule has 5 heteroatoms. The molecule has 0 atom stereocenters. The summed E-state index contributed by atoms with van der Waals surface area (Å²) in [7, 11) is 1.57. The molecule has 0 saturated heterocycles. The molecule has 1 aliphatic carbocycles. The van der Waals surface area contributed by atoms with Gasteiger partial charge >= 0.3 is 0 Å². The molecule has 0 aliphatic heterocycles. The number of rotatable bonds is 3. The minimum absolute atomic E-state index is 0.168. The summed E-state index contributed by atoms with van der Waals surface area (Å²) in [6.07, 6.45) is 1.10. The van der Waals surface area contributed by atoms with Crippen LogP contribution < -0.4 is 0 Å².